The van der Waals surface area contributed by atoms with Crippen molar-refractivity contribution in [3.8, 4) is 35.5 Å². The number of aromatic hydroxyl groups is 3. The summed E-state index contributed by atoms with van der Waals surface area (Å²) in [6.07, 6.45) is 0. The number of phenolic OH excluding ortho intramolecular Hbond substituents is 3. The first-order valence-corrected chi connectivity index (χ1v) is 3.59. The van der Waals surface area contributed by atoms with Crippen LogP contribution < -0.4 is 0 Å². The first-order valence-electron chi connectivity index (χ1n) is 3.59. The number of rotatable bonds is 0. The van der Waals surface area contributed by atoms with Gasteiger partial charge in [-0.25, -0.2) is 0 Å². The minimum absolute atomic E-state index is 0.610. The summed E-state index contributed by atoms with van der Waals surface area (Å²) >= 11 is 0. The maximum atomic E-state index is 9.30. The van der Waals surface area contributed by atoms with Gasteiger partial charge in [0.05, 0.1) is 0 Å². The molecule has 1 aromatic rings. The smallest absolute Gasteiger partial charge is 0.158 e. The highest BCUT2D eigenvalue weighted by atomic mass is 16.3. The van der Waals surface area contributed by atoms with E-state index in [-0.39, 0.29) is 0 Å². The Kier molecular flexibility index (Phi) is 2.34. The predicted molar refractivity (Wildman–Crippen MR) is 45.6 cm³/mol. The van der Waals surface area contributed by atoms with E-state index in [1.807, 2.05) is 0 Å². The van der Waals surface area contributed by atoms with Gasteiger partial charge in [0.25, 0.3) is 0 Å². The fourth-order valence-electron chi connectivity index (χ4n) is 1.03. The lowest BCUT2D eigenvalue weighted by atomic mass is 10.0. The maximum absolute atomic E-state index is 9.30. The molecule has 6 heteroatoms. The second-order valence-electron chi connectivity index (χ2n) is 2.51. The SMILES string of the molecule is N#Cc1c(O)c(C#N)c(O)c(C#N)c1O. The molecule has 0 bridgehead atoms. The van der Waals surface area contributed by atoms with Crippen LogP contribution in [0.5, 0.6) is 17.2 Å². The molecule has 0 heterocycles. The molecule has 3 N–H and O–H groups in total. The van der Waals surface area contributed by atoms with Crippen molar-refractivity contribution < 1.29 is 15.3 Å². The highest BCUT2D eigenvalue weighted by Crippen LogP contribution is 2.40. The van der Waals surface area contributed by atoms with Crippen LogP contribution in [0.15, 0.2) is 0 Å². The van der Waals surface area contributed by atoms with E-state index in [0.717, 1.165) is 0 Å². The van der Waals surface area contributed by atoms with E-state index in [1.165, 1.54) is 18.2 Å². The molecule has 1 aromatic carbocycles. The molecule has 6 nitrogen and oxygen atoms in total. The summed E-state index contributed by atoms with van der Waals surface area (Å²) in [5, 5.41) is 53.6. The average Bonchev–Trinajstić information content (AvgIpc) is 2.19. The van der Waals surface area contributed by atoms with Crippen molar-refractivity contribution in [3.63, 3.8) is 0 Å². The zero-order valence-corrected chi connectivity index (χ0v) is 7.18. The van der Waals surface area contributed by atoms with Crippen molar-refractivity contribution in [1.82, 2.24) is 0 Å². The molecule has 0 atom stereocenters. The summed E-state index contributed by atoms with van der Waals surface area (Å²) < 4.78 is 0. The van der Waals surface area contributed by atoms with Gasteiger partial charge in [0, 0.05) is 0 Å². The Morgan fingerprint density at radius 1 is 0.600 bits per heavy atom. The van der Waals surface area contributed by atoms with Gasteiger partial charge in [-0.05, 0) is 0 Å². The molecule has 0 saturated carbocycles. The fourth-order valence-corrected chi connectivity index (χ4v) is 1.03. The number of nitriles is 3. The number of benzene rings is 1. The zero-order chi connectivity index (χ0) is 11.6. The molecule has 0 aromatic heterocycles. The van der Waals surface area contributed by atoms with Crippen molar-refractivity contribution in [2.45, 2.75) is 0 Å². The Morgan fingerprint density at radius 2 is 0.800 bits per heavy atom. The van der Waals surface area contributed by atoms with Crippen molar-refractivity contribution in [2.24, 2.45) is 0 Å². The van der Waals surface area contributed by atoms with Crippen molar-refractivity contribution >= 4 is 0 Å². The van der Waals surface area contributed by atoms with Gasteiger partial charge in [0.2, 0.25) is 0 Å². The number of hydrogen-bond acceptors (Lipinski definition) is 6. The molecule has 1 rings (SSSR count). The van der Waals surface area contributed by atoms with Gasteiger partial charge in [-0.2, -0.15) is 15.8 Å². The number of nitrogens with zero attached hydrogens (tertiary/aromatic N) is 3. The van der Waals surface area contributed by atoms with Crippen LogP contribution in [0.2, 0.25) is 0 Å². The topological polar surface area (TPSA) is 132 Å². The third kappa shape index (κ3) is 1.25. The van der Waals surface area contributed by atoms with Crippen molar-refractivity contribution in [3.05, 3.63) is 16.7 Å². The van der Waals surface area contributed by atoms with Crippen LogP contribution in [-0.2, 0) is 0 Å². The minimum atomic E-state index is -0.839. The fraction of sp³-hybridized carbons (Fsp3) is 0. The Labute approximate surface area is 84.1 Å². The van der Waals surface area contributed by atoms with Gasteiger partial charge in [-0.15, -0.1) is 0 Å². The Bertz CT molecular complexity index is 456. The van der Waals surface area contributed by atoms with E-state index in [4.69, 9.17) is 15.8 Å². The summed E-state index contributed by atoms with van der Waals surface area (Å²) in [6, 6.07) is 4.28. The lowest BCUT2D eigenvalue weighted by Crippen LogP contribution is -1.90. The second kappa shape index (κ2) is 3.45. The van der Waals surface area contributed by atoms with Crippen LogP contribution in [-0.4, -0.2) is 15.3 Å². The zero-order valence-electron chi connectivity index (χ0n) is 7.18. The predicted octanol–water partition coefficient (Wildman–Crippen LogP) is 0.418. The average molecular weight is 201 g/mol. The first kappa shape index (κ1) is 10.2. The Balaban J connectivity index is 3.88. The van der Waals surface area contributed by atoms with Crippen LogP contribution in [0.4, 0.5) is 0 Å². The Hall–Kier alpha value is -2.91. The molecular weight excluding hydrogens is 198 g/mol. The number of hydrogen-bond donors (Lipinski definition) is 3. The van der Waals surface area contributed by atoms with Gasteiger partial charge in [0.1, 0.15) is 34.9 Å². The van der Waals surface area contributed by atoms with Crippen LogP contribution in [0.3, 0.4) is 0 Å². The molecule has 72 valence electrons. The van der Waals surface area contributed by atoms with E-state index in [1.54, 1.807) is 0 Å². The lowest BCUT2D eigenvalue weighted by molar-refractivity contribution is 0.421. The highest BCUT2D eigenvalue weighted by Gasteiger charge is 2.23. The number of phenols is 3. The van der Waals surface area contributed by atoms with Gasteiger partial charge in [-0.1, -0.05) is 0 Å². The van der Waals surface area contributed by atoms with Crippen molar-refractivity contribution in [1.29, 1.82) is 15.8 Å². The summed E-state index contributed by atoms with van der Waals surface area (Å²) in [5.74, 6) is -2.52. The van der Waals surface area contributed by atoms with Gasteiger partial charge in [-0.3, -0.25) is 0 Å². The molecule has 0 radical (unpaired) electrons. The van der Waals surface area contributed by atoms with Gasteiger partial charge in [0.15, 0.2) is 17.2 Å². The third-order valence-electron chi connectivity index (χ3n) is 1.76. The van der Waals surface area contributed by atoms with Gasteiger partial charge >= 0.3 is 0 Å². The minimum Gasteiger partial charge on any atom is -0.505 e. The van der Waals surface area contributed by atoms with Crippen LogP contribution in [0, 0.1) is 34.0 Å². The quantitative estimate of drug-likeness (QED) is 0.557. The van der Waals surface area contributed by atoms with E-state index < -0.39 is 33.9 Å². The lowest BCUT2D eigenvalue weighted by Gasteiger charge is -2.06. The van der Waals surface area contributed by atoms with E-state index in [9.17, 15) is 15.3 Å². The molecule has 0 fully saturated rings. The van der Waals surface area contributed by atoms with Gasteiger partial charge < -0.3 is 15.3 Å². The molecule has 15 heavy (non-hydrogen) atoms. The molecule has 0 spiro atoms. The molecule has 0 aliphatic carbocycles. The molecule has 0 aliphatic rings. The third-order valence-corrected chi connectivity index (χ3v) is 1.76. The van der Waals surface area contributed by atoms with E-state index >= 15 is 0 Å². The molecule has 0 saturated heterocycles. The standard InChI is InChI=1S/C9H3N3O3/c10-1-4-7(13)5(2-11)9(15)6(3-12)8(4)14/h13-15H. The summed E-state index contributed by atoms with van der Waals surface area (Å²) in [4.78, 5) is 0. The monoisotopic (exact) mass is 201 g/mol. The largest absolute Gasteiger partial charge is 0.505 e. The molecule has 0 unspecified atom stereocenters. The van der Waals surface area contributed by atoms with Crippen molar-refractivity contribution in [2.75, 3.05) is 0 Å². The molecular formula is C9H3N3O3. The summed E-state index contributed by atoms with van der Waals surface area (Å²) in [7, 11) is 0. The first-order chi connectivity index (χ1) is 7.08. The van der Waals surface area contributed by atoms with E-state index in [2.05, 4.69) is 0 Å². The maximum Gasteiger partial charge on any atom is 0.158 e. The normalized spacial score (nSPS) is 8.60. The van der Waals surface area contributed by atoms with Crippen LogP contribution >= 0.6 is 0 Å². The summed E-state index contributed by atoms with van der Waals surface area (Å²) in [6.45, 7) is 0. The van der Waals surface area contributed by atoms with Crippen LogP contribution in [0.1, 0.15) is 16.7 Å². The van der Waals surface area contributed by atoms with Crippen LogP contribution in [0.25, 0.3) is 0 Å². The van der Waals surface area contributed by atoms with E-state index in [0.29, 0.717) is 0 Å². The summed E-state index contributed by atoms with van der Waals surface area (Å²) in [5.41, 5.74) is -1.83. The second-order valence-corrected chi connectivity index (χ2v) is 2.51. The Morgan fingerprint density at radius 3 is 0.933 bits per heavy atom. The molecule has 0 aliphatic heterocycles. The molecule has 0 amide bonds. The highest BCUT2D eigenvalue weighted by molar-refractivity contribution is 5.71.